The normalized spacial score (nSPS) is 11.6. The van der Waals surface area contributed by atoms with Gasteiger partial charge in [-0.1, -0.05) is 60.2 Å². The first-order valence-electron chi connectivity index (χ1n) is 13.0. The van der Waals surface area contributed by atoms with E-state index in [1.165, 1.54) is 17.1 Å². The lowest BCUT2D eigenvalue weighted by Crippen LogP contribution is -2.12. The lowest BCUT2D eigenvalue weighted by atomic mass is 10.1. The first-order chi connectivity index (χ1) is 19.8. The van der Waals surface area contributed by atoms with E-state index in [0.29, 0.717) is 40.2 Å². The molecule has 2 aromatic heterocycles. The van der Waals surface area contributed by atoms with Gasteiger partial charge in [0, 0.05) is 23.6 Å². The standard InChI is InChI=1S/C32H26N4O4S/c1-21-11-13-26(14-12-21)41(38,39)36-18-17-27-28(36)15-16-29(31(27)22(2)37)40-25-10-6-9-24(20-25)32-33-30(34-35-32)19-23-7-4-3-5-8-23/h3-18,20H,19H2,1-2H3,(H,33,34,35). The van der Waals surface area contributed by atoms with Gasteiger partial charge in [0.25, 0.3) is 10.0 Å². The Bertz CT molecular complexity index is 1990. The summed E-state index contributed by atoms with van der Waals surface area (Å²) in [6.45, 7) is 3.33. The first kappa shape index (κ1) is 26.2. The number of aromatic amines is 1. The van der Waals surface area contributed by atoms with Crippen LogP contribution in [0, 0.1) is 6.92 Å². The fraction of sp³-hybridized carbons (Fsp3) is 0.0938. The Hall–Kier alpha value is -5.02. The van der Waals surface area contributed by atoms with Crippen molar-refractivity contribution >= 4 is 26.7 Å². The van der Waals surface area contributed by atoms with Crippen LogP contribution in [-0.4, -0.2) is 33.4 Å². The monoisotopic (exact) mass is 562 g/mol. The molecule has 0 atom stereocenters. The number of aromatic nitrogens is 4. The van der Waals surface area contributed by atoms with E-state index in [1.807, 2.05) is 49.4 Å². The average Bonchev–Trinajstić information content (AvgIpc) is 3.61. The van der Waals surface area contributed by atoms with Crippen molar-refractivity contribution in [2.75, 3.05) is 0 Å². The summed E-state index contributed by atoms with van der Waals surface area (Å²) < 4.78 is 34.2. The Balaban J connectivity index is 1.31. The smallest absolute Gasteiger partial charge is 0.268 e. The number of benzene rings is 4. The molecule has 0 saturated carbocycles. The lowest BCUT2D eigenvalue weighted by molar-refractivity contribution is 0.101. The van der Waals surface area contributed by atoms with E-state index >= 15 is 0 Å². The predicted octanol–water partition coefficient (Wildman–Crippen LogP) is 6.56. The number of hydrogen-bond acceptors (Lipinski definition) is 6. The van der Waals surface area contributed by atoms with Gasteiger partial charge in [0.15, 0.2) is 11.6 Å². The van der Waals surface area contributed by atoms with Crippen molar-refractivity contribution in [2.45, 2.75) is 25.2 Å². The highest BCUT2D eigenvalue weighted by Gasteiger charge is 2.23. The third-order valence-corrected chi connectivity index (χ3v) is 8.50. The van der Waals surface area contributed by atoms with Crippen molar-refractivity contribution in [1.82, 2.24) is 19.2 Å². The summed E-state index contributed by atoms with van der Waals surface area (Å²) in [6, 6.07) is 28.9. The second kappa shape index (κ2) is 10.5. The quantitative estimate of drug-likeness (QED) is 0.211. The van der Waals surface area contributed by atoms with Gasteiger partial charge in [-0.25, -0.2) is 17.4 Å². The van der Waals surface area contributed by atoms with Crippen LogP contribution in [-0.2, 0) is 16.4 Å². The number of aryl methyl sites for hydroxylation is 1. The van der Waals surface area contributed by atoms with Crippen molar-refractivity contribution in [3.8, 4) is 22.9 Å². The largest absolute Gasteiger partial charge is 0.457 e. The Kier molecular flexibility index (Phi) is 6.72. The predicted molar refractivity (Wildman–Crippen MR) is 157 cm³/mol. The molecule has 6 rings (SSSR count). The minimum atomic E-state index is -3.86. The first-order valence-corrected chi connectivity index (χ1v) is 14.4. The molecule has 0 radical (unpaired) electrons. The lowest BCUT2D eigenvalue weighted by Gasteiger charge is -2.13. The minimum Gasteiger partial charge on any atom is -0.457 e. The highest BCUT2D eigenvalue weighted by atomic mass is 32.2. The van der Waals surface area contributed by atoms with Crippen LogP contribution in [0.25, 0.3) is 22.3 Å². The zero-order chi connectivity index (χ0) is 28.6. The van der Waals surface area contributed by atoms with Crippen LogP contribution in [0.5, 0.6) is 11.5 Å². The second-order valence-electron chi connectivity index (χ2n) is 9.76. The molecule has 2 heterocycles. The van der Waals surface area contributed by atoms with Gasteiger partial charge in [-0.05, 0) is 61.9 Å². The van der Waals surface area contributed by atoms with E-state index in [1.54, 1.807) is 54.6 Å². The highest BCUT2D eigenvalue weighted by molar-refractivity contribution is 7.90. The molecule has 0 aliphatic heterocycles. The number of H-pyrrole nitrogens is 1. The summed E-state index contributed by atoms with van der Waals surface area (Å²) in [5.41, 5.74) is 3.53. The van der Waals surface area contributed by atoms with E-state index in [4.69, 9.17) is 4.74 Å². The molecule has 9 heteroatoms. The summed E-state index contributed by atoms with van der Waals surface area (Å²) in [6.07, 6.45) is 2.10. The number of nitrogens with one attached hydrogen (secondary N) is 1. The molecule has 204 valence electrons. The molecule has 0 fully saturated rings. The van der Waals surface area contributed by atoms with E-state index in [2.05, 4.69) is 15.2 Å². The van der Waals surface area contributed by atoms with E-state index in [0.717, 1.165) is 22.5 Å². The zero-order valence-electron chi connectivity index (χ0n) is 22.4. The number of fused-ring (bicyclic) bond motifs is 1. The molecular weight excluding hydrogens is 536 g/mol. The molecule has 8 nitrogen and oxygen atoms in total. The second-order valence-corrected chi connectivity index (χ2v) is 11.6. The molecular formula is C32H26N4O4S. The number of Topliss-reactive ketones (excluding diaryl/α,β-unsaturated/α-hetero) is 1. The fourth-order valence-electron chi connectivity index (χ4n) is 4.77. The topological polar surface area (TPSA) is 107 Å². The van der Waals surface area contributed by atoms with Crippen molar-refractivity contribution in [2.24, 2.45) is 0 Å². The summed E-state index contributed by atoms with van der Waals surface area (Å²) in [5, 5.41) is 7.85. The molecule has 0 amide bonds. The minimum absolute atomic E-state index is 0.168. The molecule has 0 saturated heterocycles. The van der Waals surface area contributed by atoms with E-state index in [9.17, 15) is 13.2 Å². The van der Waals surface area contributed by atoms with Crippen molar-refractivity contribution < 1.29 is 17.9 Å². The van der Waals surface area contributed by atoms with Gasteiger partial charge in [0.05, 0.1) is 16.0 Å². The van der Waals surface area contributed by atoms with Gasteiger partial charge in [-0.3, -0.25) is 9.89 Å². The zero-order valence-corrected chi connectivity index (χ0v) is 23.2. The number of nitrogens with zero attached hydrogens (tertiary/aromatic N) is 3. The molecule has 0 spiro atoms. The summed E-state index contributed by atoms with van der Waals surface area (Å²) in [5.74, 6) is 1.85. The summed E-state index contributed by atoms with van der Waals surface area (Å²) in [7, 11) is -3.86. The maximum atomic E-state index is 13.4. The van der Waals surface area contributed by atoms with Crippen molar-refractivity contribution in [1.29, 1.82) is 0 Å². The maximum absolute atomic E-state index is 13.4. The number of carbonyl (C=O) groups excluding carboxylic acids is 1. The molecule has 1 N–H and O–H groups in total. The molecule has 0 unspecified atom stereocenters. The third kappa shape index (κ3) is 5.15. The molecule has 41 heavy (non-hydrogen) atoms. The molecule has 4 aromatic carbocycles. The Morgan fingerprint density at radius 1 is 0.927 bits per heavy atom. The number of carbonyl (C=O) groups is 1. The van der Waals surface area contributed by atoms with Crippen LogP contribution in [0.3, 0.4) is 0 Å². The van der Waals surface area contributed by atoms with Crippen LogP contribution in [0.2, 0.25) is 0 Å². The van der Waals surface area contributed by atoms with Crippen molar-refractivity contribution in [3.05, 3.63) is 126 Å². The van der Waals surface area contributed by atoms with Gasteiger partial charge in [0.2, 0.25) is 0 Å². The number of ketones is 1. The Morgan fingerprint density at radius 2 is 1.71 bits per heavy atom. The van der Waals surface area contributed by atoms with E-state index < -0.39 is 10.0 Å². The number of hydrogen-bond donors (Lipinski definition) is 1. The van der Waals surface area contributed by atoms with Crippen LogP contribution in [0.1, 0.15) is 34.2 Å². The Morgan fingerprint density at radius 3 is 2.46 bits per heavy atom. The summed E-state index contributed by atoms with van der Waals surface area (Å²) >= 11 is 0. The molecule has 0 bridgehead atoms. The molecule has 0 aliphatic carbocycles. The van der Waals surface area contributed by atoms with Crippen LogP contribution in [0.4, 0.5) is 0 Å². The third-order valence-electron chi connectivity index (χ3n) is 6.79. The van der Waals surface area contributed by atoms with Crippen molar-refractivity contribution in [3.63, 3.8) is 0 Å². The number of ether oxygens (including phenoxy) is 1. The van der Waals surface area contributed by atoms with Gasteiger partial charge >= 0.3 is 0 Å². The van der Waals surface area contributed by atoms with Crippen LogP contribution >= 0.6 is 0 Å². The maximum Gasteiger partial charge on any atom is 0.268 e. The van der Waals surface area contributed by atoms with Gasteiger partial charge < -0.3 is 4.74 Å². The highest BCUT2D eigenvalue weighted by Crippen LogP contribution is 2.35. The van der Waals surface area contributed by atoms with Gasteiger partial charge in [-0.2, -0.15) is 5.10 Å². The van der Waals surface area contributed by atoms with Crippen LogP contribution < -0.4 is 4.74 Å². The van der Waals surface area contributed by atoms with Crippen LogP contribution in [0.15, 0.2) is 108 Å². The number of rotatable bonds is 8. The fourth-order valence-corrected chi connectivity index (χ4v) is 6.12. The molecule has 6 aromatic rings. The summed E-state index contributed by atoms with van der Waals surface area (Å²) in [4.78, 5) is 17.6. The molecule has 0 aliphatic rings. The van der Waals surface area contributed by atoms with E-state index in [-0.39, 0.29) is 10.7 Å². The van der Waals surface area contributed by atoms with Gasteiger partial charge in [-0.15, -0.1) is 0 Å². The Labute approximate surface area is 237 Å². The average molecular weight is 563 g/mol. The SMILES string of the molecule is CC(=O)c1c(Oc2cccc(-c3n[nH]c(Cc4ccccc4)n3)c2)ccc2c1ccn2S(=O)(=O)c1ccc(C)cc1. The van der Waals surface area contributed by atoms with Gasteiger partial charge in [0.1, 0.15) is 17.3 Å².